The number of carboxylic acids is 1. The molecule has 1 atom stereocenters. The Balaban J connectivity index is 2.11. The van der Waals surface area contributed by atoms with Crippen LogP contribution in [-0.2, 0) is 4.74 Å². The van der Waals surface area contributed by atoms with Gasteiger partial charge in [-0.1, -0.05) is 13.8 Å². The van der Waals surface area contributed by atoms with E-state index in [1.54, 1.807) is 0 Å². The highest BCUT2D eigenvalue weighted by molar-refractivity contribution is 5.94. The molecule has 1 aromatic rings. The predicted molar refractivity (Wildman–Crippen MR) is 81.5 cm³/mol. The fourth-order valence-electron chi connectivity index (χ4n) is 2.83. The Morgan fingerprint density at radius 2 is 2.29 bits per heavy atom. The fraction of sp³-hybridized carbons (Fsp3) is 0.600. The molecule has 116 valence electrons. The minimum Gasteiger partial charge on any atom is -0.478 e. The summed E-state index contributed by atoms with van der Waals surface area (Å²) in [6, 6.07) is 1.73. The summed E-state index contributed by atoms with van der Waals surface area (Å²) >= 11 is 0. The Hall–Kier alpha value is -1.82. The highest BCUT2D eigenvalue weighted by Gasteiger charge is 2.34. The van der Waals surface area contributed by atoms with E-state index in [9.17, 15) is 4.79 Å². The lowest BCUT2D eigenvalue weighted by molar-refractivity contribution is -0.0864. The van der Waals surface area contributed by atoms with Gasteiger partial charge in [-0.15, -0.1) is 0 Å². The number of aromatic nitrogens is 1. The molecule has 1 saturated heterocycles. The third kappa shape index (κ3) is 3.44. The van der Waals surface area contributed by atoms with E-state index in [0.717, 1.165) is 25.7 Å². The first kappa shape index (κ1) is 15.6. The van der Waals surface area contributed by atoms with Crippen LogP contribution in [0, 0.1) is 0 Å². The Labute approximate surface area is 124 Å². The Kier molecular flexibility index (Phi) is 4.67. The summed E-state index contributed by atoms with van der Waals surface area (Å²) < 4.78 is 5.94. The van der Waals surface area contributed by atoms with E-state index in [2.05, 4.69) is 24.1 Å². The van der Waals surface area contributed by atoms with Crippen LogP contribution in [0.2, 0.25) is 0 Å². The van der Waals surface area contributed by atoms with E-state index in [0.29, 0.717) is 12.4 Å². The van der Waals surface area contributed by atoms with Crippen LogP contribution in [-0.4, -0.2) is 34.3 Å². The first-order valence-corrected chi connectivity index (χ1v) is 7.39. The van der Waals surface area contributed by atoms with Crippen LogP contribution in [0.15, 0.2) is 12.3 Å². The maximum absolute atomic E-state index is 11.1. The molecule has 1 aromatic heterocycles. The van der Waals surface area contributed by atoms with E-state index in [1.807, 2.05) is 0 Å². The zero-order chi connectivity index (χ0) is 15.5. The summed E-state index contributed by atoms with van der Waals surface area (Å²) in [5, 5.41) is 12.4. The summed E-state index contributed by atoms with van der Waals surface area (Å²) in [4.78, 5) is 15.3. The molecule has 0 amide bonds. The molecule has 2 rings (SSSR count). The summed E-state index contributed by atoms with van der Waals surface area (Å²) in [5.74, 6) is -0.490. The molecule has 1 aliphatic rings. The van der Waals surface area contributed by atoms with Crippen molar-refractivity contribution >= 4 is 17.5 Å². The van der Waals surface area contributed by atoms with E-state index < -0.39 is 5.97 Å². The van der Waals surface area contributed by atoms with Crippen molar-refractivity contribution in [3.05, 3.63) is 17.8 Å². The number of carboxylic acid groups (broad SMARTS) is 1. The number of hydrogen-bond donors (Lipinski definition) is 3. The van der Waals surface area contributed by atoms with Gasteiger partial charge < -0.3 is 20.9 Å². The van der Waals surface area contributed by atoms with Crippen LogP contribution < -0.4 is 11.1 Å². The second kappa shape index (κ2) is 6.30. The molecule has 0 saturated carbocycles. The lowest BCUT2D eigenvalue weighted by atomic mass is 9.86. The van der Waals surface area contributed by atoms with Gasteiger partial charge in [0.15, 0.2) is 0 Å². The van der Waals surface area contributed by atoms with Crippen molar-refractivity contribution in [3.63, 3.8) is 0 Å². The maximum atomic E-state index is 11.1. The van der Waals surface area contributed by atoms with Crippen LogP contribution in [0.25, 0.3) is 0 Å². The summed E-state index contributed by atoms with van der Waals surface area (Å²) in [5.41, 5.74) is 5.79. The number of pyridine rings is 1. The van der Waals surface area contributed by atoms with Crippen molar-refractivity contribution in [2.24, 2.45) is 0 Å². The largest absolute Gasteiger partial charge is 0.478 e. The zero-order valence-electron chi connectivity index (χ0n) is 12.6. The third-order valence-electron chi connectivity index (χ3n) is 4.30. The Morgan fingerprint density at radius 1 is 1.57 bits per heavy atom. The van der Waals surface area contributed by atoms with Gasteiger partial charge in [-0.2, -0.15) is 0 Å². The average Bonchev–Trinajstić information content (AvgIpc) is 2.49. The van der Waals surface area contributed by atoms with Crippen molar-refractivity contribution in [1.29, 1.82) is 0 Å². The molecular formula is C15H23N3O3. The molecule has 4 N–H and O–H groups in total. The number of rotatable bonds is 5. The zero-order valence-corrected chi connectivity index (χ0v) is 12.6. The lowest BCUT2D eigenvalue weighted by Gasteiger charge is -2.40. The Morgan fingerprint density at radius 3 is 2.90 bits per heavy atom. The van der Waals surface area contributed by atoms with Crippen molar-refractivity contribution in [2.75, 3.05) is 17.7 Å². The number of nitrogen functional groups attached to an aromatic ring is 1. The lowest BCUT2D eigenvalue weighted by Crippen LogP contribution is -2.43. The molecule has 0 aliphatic carbocycles. The first-order valence-electron chi connectivity index (χ1n) is 7.39. The Bertz CT molecular complexity index is 515. The van der Waals surface area contributed by atoms with Crippen LogP contribution >= 0.6 is 0 Å². The number of aromatic carboxylic acids is 1. The molecule has 1 aliphatic heterocycles. The maximum Gasteiger partial charge on any atom is 0.337 e. The van der Waals surface area contributed by atoms with Crippen molar-refractivity contribution < 1.29 is 14.6 Å². The standard InChI is InChI=1S/C15H23N3O3/c1-3-15(4-2)8-10(5-6-21-15)18-13-7-11(14(19)20)12(16)9-17-13/h7,9-10H,3-6,8,16H2,1-2H3,(H,17,18)(H,19,20). The van der Waals surface area contributed by atoms with Crippen LogP contribution in [0.3, 0.4) is 0 Å². The number of ether oxygens (including phenoxy) is 1. The normalized spacial score (nSPS) is 21.0. The van der Waals surface area contributed by atoms with Gasteiger partial charge in [0.2, 0.25) is 0 Å². The number of anilines is 2. The number of nitrogens with two attached hydrogens (primary N) is 1. The van der Waals surface area contributed by atoms with Gasteiger partial charge in [-0.3, -0.25) is 0 Å². The molecule has 1 fully saturated rings. The minimum atomic E-state index is -1.04. The monoisotopic (exact) mass is 293 g/mol. The first-order chi connectivity index (χ1) is 9.99. The molecule has 2 heterocycles. The van der Waals surface area contributed by atoms with Crippen molar-refractivity contribution in [2.45, 2.75) is 51.2 Å². The quantitative estimate of drug-likeness (QED) is 0.771. The molecule has 6 heteroatoms. The van der Waals surface area contributed by atoms with Gasteiger partial charge in [0.05, 0.1) is 23.0 Å². The molecule has 6 nitrogen and oxygen atoms in total. The molecule has 0 radical (unpaired) electrons. The SMILES string of the molecule is CCC1(CC)CC(Nc2cc(C(=O)O)c(N)cn2)CCO1. The summed E-state index contributed by atoms with van der Waals surface area (Å²) in [7, 11) is 0. The van der Waals surface area contributed by atoms with Crippen LogP contribution in [0.5, 0.6) is 0 Å². The van der Waals surface area contributed by atoms with Gasteiger partial charge in [-0.05, 0) is 31.7 Å². The van der Waals surface area contributed by atoms with Crippen LogP contribution in [0.4, 0.5) is 11.5 Å². The van der Waals surface area contributed by atoms with Crippen molar-refractivity contribution in [3.8, 4) is 0 Å². The van der Waals surface area contributed by atoms with Gasteiger partial charge in [0, 0.05) is 12.6 Å². The third-order valence-corrected chi connectivity index (χ3v) is 4.30. The number of hydrogen-bond acceptors (Lipinski definition) is 5. The van der Waals surface area contributed by atoms with E-state index in [1.165, 1.54) is 12.3 Å². The number of nitrogens with one attached hydrogen (secondary N) is 1. The number of nitrogens with zero attached hydrogens (tertiary/aromatic N) is 1. The summed E-state index contributed by atoms with van der Waals surface area (Å²) in [6.07, 6.45) is 5.11. The second-order valence-electron chi connectivity index (χ2n) is 5.53. The van der Waals surface area contributed by atoms with Gasteiger partial charge in [-0.25, -0.2) is 9.78 Å². The average molecular weight is 293 g/mol. The molecule has 0 aromatic carbocycles. The topological polar surface area (TPSA) is 97.5 Å². The molecule has 21 heavy (non-hydrogen) atoms. The summed E-state index contributed by atoms with van der Waals surface area (Å²) in [6.45, 7) is 4.98. The molecule has 0 bridgehead atoms. The van der Waals surface area contributed by atoms with Gasteiger partial charge in [0.1, 0.15) is 5.82 Å². The molecular weight excluding hydrogens is 270 g/mol. The molecule has 0 spiro atoms. The van der Waals surface area contributed by atoms with Gasteiger partial charge in [0.25, 0.3) is 0 Å². The van der Waals surface area contributed by atoms with Crippen LogP contribution in [0.1, 0.15) is 49.9 Å². The fourth-order valence-corrected chi connectivity index (χ4v) is 2.83. The van der Waals surface area contributed by atoms with Gasteiger partial charge >= 0.3 is 5.97 Å². The highest BCUT2D eigenvalue weighted by atomic mass is 16.5. The highest BCUT2D eigenvalue weighted by Crippen LogP contribution is 2.32. The smallest absolute Gasteiger partial charge is 0.337 e. The minimum absolute atomic E-state index is 0.0804. The predicted octanol–water partition coefficient (Wildman–Crippen LogP) is 2.51. The molecule has 1 unspecified atom stereocenters. The van der Waals surface area contributed by atoms with E-state index in [4.69, 9.17) is 15.6 Å². The van der Waals surface area contributed by atoms with E-state index in [-0.39, 0.29) is 22.9 Å². The van der Waals surface area contributed by atoms with E-state index >= 15 is 0 Å². The number of carbonyl (C=O) groups is 1. The second-order valence-corrected chi connectivity index (χ2v) is 5.53. The van der Waals surface area contributed by atoms with Crippen molar-refractivity contribution in [1.82, 2.24) is 4.98 Å².